The van der Waals surface area contributed by atoms with Gasteiger partial charge < -0.3 is 5.73 Å². The van der Waals surface area contributed by atoms with Crippen molar-refractivity contribution >= 4 is 22.5 Å². The first kappa shape index (κ1) is 13.1. The van der Waals surface area contributed by atoms with Gasteiger partial charge in [0.05, 0.1) is 11.1 Å². The Kier molecular flexibility index (Phi) is 3.20. The van der Waals surface area contributed by atoms with E-state index in [1.54, 1.807) is 6.20 Å². The molecule has 0 aliphatic rings. The lowest BCUT2D eigenvalue weighted by molar-refractivity contribution is 0.608. The van der Waals surface area contributed by atoms with E-state index in [2.05, 4.69) is 17.1 Å². The van der Waals surface area contributed by atoms with Crippen LogP contribution in [0.3, 0.4) is 0 Å². The van der Waals surface area contributed by atoms with Crippen LogP contribution in [0.2, 0.25) is 5.02 Å². The van der Waals surface area contributed by atoms with Crippen molar-refractivity contribution < 1.29 is 0 Å². The number of hydrogen-bond acceptors (Lipinski definition) is 2. The van der Waals surface area contributed by atoms with E-state index in [9.17, 15) is 0 Å². The summed E-state index contributed by atoms with van der Waals surface area (Å²) in [6, 6.07) is 17.7. The van der Waals surface area contributed by atoms with E-state index < -0.39 is 5.54 Å². The molecule has 0 aliphatic heterocycles. The Bertz CT molecular complexity index is 743. The van der Waals surface area contributed by atoms with Crippen molar-refractivity contribution in [1.29, 1.82) is 0 Å². The monoisotopic (exact) mass is 282 g/mol. The number of benzene rings is 2. The van der Waals surface area contributed by atoms with Crippen LogP contribution in [0.5, 0.6) is 0 Å². The summed E-state index contributed by atoms with van der Waals surface area (Å²) in [4.78, 5) is 4.39. The molecule has 3 heteroatoms. The van der Waals surface area contributed by atoms with Gasteiger partial charge >= 0.3 is 0 Å². The number of fused-ring (bicyclic) bond motifs is 1. The molecule has 20 heavy (non-hydrogen) atoms. The second kappa shape index (κ2) is 4.89. The molecule has 100 valence electrons. The van der Waals surface area contributed by atoms with E-state index in [1.807, 2.05) is 49.4 Å². The normalized spacial score (nSPS) is 14.2. The van der Waals surface area contributed by atoms with Crippen molar-refractivity contribution in [1.82, 2.24) is 4.98 Å². The number of pyridine rings is 1. The maximum absolute atomic E-state index is 6.60. The van der Waals surface area contributed by atoms with Gasteiger partial charge in [-0.25, -0.2) is 0 Å². The molecule has 2 nitrogen and oxygen atoms in total. The molecule has 1 atom stereocenters. The van der Waals surface area contributed by atoms with Crippen molar-refractivity contribution in [2.45, 2.75) is 12.5 Å². The first-order valence-electron chi connectivity index (χ1n) is 6.48. The van der Waals surface area contributed by atoms with Crippen molar-refractivity contribution in [3.8, 4) is 0 Å². The lowest BCUT2D eigenvalue weighted by Gasteiger charge is -2.27. The maximum Gasteiger partial charge on any atom is 0.0705 e. The van der Waals surface area contributed by atoms with Gasteiger partial charge in [-0.2, -0.15) is 0 Å². The molecule has 1 unspecified atom stereocenters. The second-order valence-electron chi connectivity index (χ2n) is 5.08. The Balaban J connectivity index is 2.20. The Morgan fingerprint density at radius 1 is 1.00 bits per heavy atom. The molecule has 3 aromatic rings. The summed E-state index contributed by atoms with van der Waals surface area (Å²) in [5, 5.41) is 1.79. The molecule has 0 aliphatic carbocycles. The predicted octanol–water partition coefficient (Wildman–Crippen LogP) is 4.11. The number of aromatic nitrogens is 1. The molecule has 1 heterocycles. The van der Waals surface area contributed by atoms with Crippen LogP contribution in [-0.4, -0.2) is 4.98 Å². The highest BCUT2D eigenvalue weighted by atomic mass is 35.5. The lowest BCUT2D eigenvalue weighted by atomic mass is 9.83. The summed E-state index contributed by atoms with van der Waals surface area (Å²) in [5.74, 6) is 0. The van der Waals surface area contributed by atoms with Crippen LogP contribution in [-0.2, 0) is 5.54 Å². The van der Waals surface area contributed by atoms with E-state index in [0.29, 0.717) is 5.02 Å². The zero-order chi connectivity index (χ0) is 14.2. The smallest absolute Gasteiger partial charge is 0.0705 e. The molecular formula is C17H15ClN2. The van der Waals surface area contributed by atoms with Gasteiger partial charge in [-0.3, -0.25) is 4.98 Å². The average Bonchev–Trinajstić information content (AvgIpc) is 2.47. The molecule has 0 spiro atoms. The van der Waals surface area contributed by atoms with Gasteiger partial charge in [0, 0.05) is 16.6 Å². The first-order valence-corrected chi connectivity index (χ1v) is 6.86. The topological polar surface area (TPSA) is 38.9 Å². The van der Waals surface area contributed by atoms with E-state index in [-0.39, 0.29) is 0 Å². The molecule has 0 radical (unpaired) electrons. The summed E-state index contributed by atoms with van der Waals surface area (Å²) >= 11 is 5.95. The molecule has 3 rings (SSSR count). The zero-order valence-corrected chi connectivity index (χ0v) is 11.9. The number of rotatable bonds is 2. The second-order valence-corrected chi connectivity index (χ2v) is 5.52. The molecule has 2 aromatic carbocycles. The molecule has 0 amide bonds. The van der Waals surface area contributed by atoms with Crippen molar-refractivity contribution in [3.05, 3.63) is 76.9 Å². The van der Waals surface area contributed by atoms with Crippen molar-refractivity contribution in [2.75, 3.05) is 0 Å². The molecule has 0 fully saturated rings. The summed E-state index contributed by atoms with van der Waals surface area (Å²) in [5.41, 5.74) is 9.06. The fraction of sp³-hybridized carbons (Fsp3) is 0.118. The highest BCUT2D eigenvalue weighted by Crippen LogP contribution is 2.32. The van der Waals surface area contributed by atoms with Crippen molar-refractivity contribution in [3.63, 3.8) is 0 Å². The fourth-order valence-corrected chi connectivity index (χ4v) is 2.63. The van der Waals surface area contributed by atoms with Gasteiger partial charge in [0.25, 0.3) is 0 Å². The summed E-state index contributed by atoms with van der Waals surface area (Å²) in [6.45, 7) is 2.01. The fourth-order valence-electron chi connectivity index (χ4n) is 2.51. The Morgan fingerprint density at radius 3 is 2.50 bits per heavy atom. The van der Waals surface area contributed by atoms with Crippen LogP contribution >= 0.6 is 11.6 Å². The molecule has 0 saturated carbocycles. The van der Waals surface area contributed by atoms with Gasteiger partial charge in [0.2, 0.25) is 0 Å². The SMILES string of the molecule is CC(N)(c1ccc(Cl)cc1)c1cccc2ncccc12. The van der Waals surface area contributed by atoms with E-state index in [1.165, 1.54) is 0 Å². The number of nitrogens with two attached hydrogens (primary N) is 1. The largest absolute Gasteiger partial charge is 0.318 e. The molecular weight excluding hydrogens is 268 g/mol. The van der Waals surface area contributed by atoms with E-state index in [0.717, 1.165) is 22.0 Å². The van der Waals surface area contributed by atoms with Crippen LogP contribution in [0.1, 0.15) is 18.1 Å². The number of hydrogen-bond donors (Lipinski definition) is 1. The third-order valence-electron chi connectivity index (χ3n) is 3.65. The number of halogens is 1. The first-order chi connectivity index (χ1) is 9.59. The Labute approximate surface area is 123 Å². The molecule has 0 bridgehead atoms. The Morgan fingerprint density at radius 2 is 1.75 bits per heavy atom. The average molecular weight is 283 g/mol. The highest BCUT2D eigenvalue weighted by molar-refractivity contribution is 6.30. The van der Waals surface area contributed by atoms with Gasteiger partial charge in [0.15, 0.2) is 0 Å². The third-order valence-corrected chi connectivity index (χ3v) is 3.90. The molecule has 0 saturated heterocycles. The standard InChI is InChI=1S/C17H15ClN2/c1-17(19,12-7-9-13(18)10-8-12)15-5-2-6-16-14(15)4-3-11-20-16/h2-11H,19H2,1H3. The summed E-state index contributed by atoms with van der Waals surface area (Å²) in [7, 11) is 0. The molecule has 1 aromatic heterocycles. The highest BCUT2D eigenvalue weighted by Gasteiger charge is 2.25. The quantitative estimate of drug-likeness (QED) is 0.768. The predicted molar refractivity (Wildman–Crippen MR) is 83.8 cm³/mol. The minimum atomic E-state index is -0.590. The van der Waals surface area contributed by atoms with E-state index >= 15 is 0 Å². The minimum Gasteiger partial charge on any atom is -0.318 e. The molecule has 2 N–H and O–H groups in total. The third kappa shape index (κ3) is 2.17. The van der Waals surface area contributed by atoms with Gasteiger partial charge in [0.1, 0.15) is 0 Å². The van der Waals surface area contributed by atoms with Crippen LogP contribution in [0.15, 0.2) is 60.8 Å². The van der Waals surface area contributed by atoms with Crippen LogP contribution in [0, 0.1) is 0 Å². The summed E-state index contributed by atoms with van der Waals surface area (Å²) < 4.78 is 0. The Hall–Kier alpha value is -1.90. The number of nitrogens with zero attached hydrogens (tertiary/aromatic N) is 1. The van der Waals surface area contributed by atoms with Crippen LogP contribution in [0.25, 0.3) is 10.9 Å². The van der Waals surface area contributed by atoms with Crippen LogP contribution < -0.4 is 5.73 Å². The van der Waals surface area contributed by atoms with Gasteiger partial charge in [-0.15, -0.1) is 0 Å². The van der Waals surface area contributed by atoms with Crippen LogP contribution in [0.4, 0.5) is 0 Å². The van der Waals surface area contributed by atoms with Crippen molar-refractivity contribution in [2.24, 2.45) is 5.73 Å². The minimum absolute atomic E-state index is 0.590. The van der Waals surface area contributed by atoms with Gasteiger partial charge in [-0.1, -0.05) is 41.9 Å². The summed E-state index contributed by atoms with van der Waals surface area (Å²) in [6.07, 6.45) is 1.79. The zero-order valence-electron chi connectivity index (χ0n) is 11.2. The van der Waals surface area contributed by atoms with Gasteiger partial charge in [-0.05, 0) is 42.3 Å². The maximum atomic E-state index is 6.60. The lowest BCUT2D eigenvalue weighted by Crippen LogP contribution is -2.34. The van der Waals surface area contributed by atoms with E-state index in [4.69, 9.17) is 17.3 Å².